The van der Waals surface area contributed by atoms with Crippen molar-refractivity contribution in [2.75, 3.05) is 12.8 Å². The first kappa shape index (κ1) is 14.5. The highest BCUT2D eigenvalue weighted by Crippen LogP contribution is 2.18. The fraction of sp³-hybridized carbons (Fsp3) is 0.692. The van der Waals surface area contributed by atoms with E-state index in [1.54, 1.807) is 13.2 Å². The van der Waals surface area contributed by atoms with E-state index in [9.17, 15) is 0 Å². The molecule has 0 spiro atoms. The molecule has 0 aromatic carbocycles. The van der Waals surface area contributed by atoms with E-state index in [2.05, 4.69) is 16.9 Å². The number of anilines is 1. The van der Waals surface area contributed by atoms with Gasteiger partial charge in [-0.15, -0.1) is 0 Å². The zero-order valence-corrected chi connectivity index (χ0v) is 11.5. The average molecular weight is 253 g/mol. The average Bonchev–Trinajstić information content (AvgIpc) is 2.34. The van der Waals surface area contributed by atoms with Crippen LogP contribution in [0.3, 0.4) is 0 Å². The van der Waals surface area contributed by atoms with Crippen LogP contribution in [-0.2, 0) is 0 Å². The maximum Gasteiger partial charge on any atom is 0.226 e. The maximum absolute atomic E-state index is 5.71. The van der Waals surface area contributed by atoms with E-state index in [1.165, 1.54) is 25.7 Å². The minimum atomic E-state index is 0.126. The molecule has 5 nitrogen and oxygen atoms in total. The molecule has 0 saturated heterocycles. The van der Waals surface area contributed by atoms with Crippen molar-refractivity contribution in [2.24, 2.45) is 0 Å². The van der Waals surface area contributed by atoms with Gasteiger partial charge >= 0.3 is 0 Å². The third-order valence-corrected chi connectivity index (χ3v) is 2.69. The highest BCUT2D eigenvalue weighted by atomic mass is 16.5. The van der Waals surface area contributed by atoms with E-state index in [4.69, 9.17) is 15.2 Å². The molecule has 0 amide bonds. The minimum Gasteiger partial charge on any atom is -0.481 e. The van der Waals surface area contributed by atoms with Crippen molar-refractivity contribution in [2.45, 2.75) is 52.1 Å². The summed E-state index contributed by atoms with van der Waals surface area (Å²) in [5.74, 6) is 1.07. The summed E-state index contributed by atoms with van der Waals surface area (Å²) < 4.78 is 10.7. The van der Waals surface area contributed by atoms with Crippen molar-refractivity contribution >= 4 is 5.95 Å². The van der Waals surface area contributed by atoms with Crippen LogP contribution in [0.5, 0.6) is 11.8 Å². The second kappa shape index (κ2) is 7.74. The number of hydrogen-bond donors (Lipinski definition) is 1. The summed E-state index contributed by atoms with van der Waals surface area (Å²) in [6, 6.07) is 1.65. The molecule has 0 aliphatic heterocycles. The molecule has 102 valence electrons. The van der Waals surface area contributed by atoms with Gasteiger partial charge in [0.1, 0.15) is 0 Å². The van der Waals surface area contributed by atoms with E-state index < -0.39 is 0 Å². The quantitative estimate of drug-likeness (QED) is 0.721. The topological polar surface area (TPSA) is 70.3 Å². The predicted octanol–water partition coefficient (Wildman–Crippen LogP) is 2.81. The number of hydrogen-bond acceptors (Lipinski definition) is 5. The number of nitrogens with two attached hydrogens (primary N) is 1. The lowest BCUT2D eigenvalue weighted by Crippen LogP contribution is -2.13. The highest BCUT2D eigenvalue weighted by molar-refractivity contribution is 5.29. The Morgan fingerprint density at radius 2 is 1.94 bits per heavy atom. The number of methoxy groups -OCH3 is 1. The van der Waals surface area contributed by atoms with Gasteiger partial charge in [-0.3, -0.25) is 0 Å². The van der Waals surface area contributed by atoms with E-state index in [-0.39, 0.29) is 12.1 Å². The van der Waals surface area contributed by atoms with Gasteiger partial charge in [0.2, 0.25) is 17.7 Å². The summed E-state index contributed by atoms with van der Waals surface area (Å²) in [5.41, 5.74) is 5.57. The second-order valence-electron chi connectivity index (χ2n) is 4.38. The van der Waals surface area contributed by atoms with Gasteiger partial charge in [0.25, 0.3) is 0 Å². The van der Waals surface area contributed by atoms with Crippen LogP contribution in [-0.4, -0.2) is 23.2 Å². The number of aromatic nitrogens is 2. The molecule has 0 radical (unpaired) electrons. The van der Waals surface area contributed by atoms with Crippen LogP contribution in [0.1, 0.15) is 46.0 Å². The standard InChI is InChI=1S/C13H23N3O2/c1-4-5-6-7-8-10(2)18-12-9-11(17-3)15-13(14)16-12/h9-10H,4-8H2,1-3H3,(H2,14,15,16). The summed E-state index contributed by atoms with van der Waals surface area (Å²) in [7, 11) is 1.54. The van der Waals surface area contributed by atoms with Gasteiger partial charge in [-0.2, -0.15) is 9.97 Å². The Morgan fingerprint density at radius 3 is 2.61 bits per heavy atom. The third-order valence-electron chi connectivity index (χ3n) is 2.69. The molecule has 1 heterocycles. The molecule has 1 atom stereocenters. The second-order valence-corrected chi connectivity index (χ2v) is 4.38. The van der Waals surface area contributed by atoms with Crippen LogP contribution in [0.2, 0.25) is 0 Å². The van der Waals surface area contributed by atoms with Crippen LogP contribution < -0.4 is 15.2 Å². The van der Waals surface area contributed by atoms with Crippen molar-refractivity contribution < 1.29 is 9.47 Å². The van der Waals surface area contributed by atoms with Crippen LogP contribution in [0.15, 0.2) is 6.07 Å². The molecule has 1 aromatic rings. The van der Waals surface area contributed by atoms with E-state index in [1.807, 2.05) is 6.92 Å². The van der Waals surface area contributed by atoms with Crippen molar-refractivity contribution in [3.05, 3.63) is 6.07 Å². The molecule has 0 fully saturated rings. The smallest absolute Gasteiger partial charge is 0.226 e. The summed E-state index contributed by atoms with van der Waals surface area (Å²) in [6.45, 7) is 4.24. The zero-order chi connectivity index (χ0) is 13.4. The first-order valence-corrected chi connectivity index (χ1v) is 6.51. The number of rotatable bonds is 8. The number of nitrogens with zero attached hydrogens (tertiary/aromatic N) is 2. The van der Waals surface area contributed by atoms with E-state index >= 15 is 0 Å². The number of ether oxygens (including phenoxy) is 2. The normalized spacial score (nSPS) is 12.2. The van der Waals surface area contributed by atoms with Crippen LogP contribution in [0.4, 0.5) is 5.95 Å². The predicted molar refractivity (Wildman–Crippen MR) is 71.8 cm³/mol. The molecule has 18 heavy (non-hydrogen) atoms. The number of nitrogen functional groups attached to an aromatic ring is 1. The SMILES string of the molecule is CCCCCCC(C)Oc1cc(OC)nc(N)n1. The third kappa shape index (κ3) is 5.21. The van der Waals surface area contributed by atoms with Gasteiger partial charge in [-0.1, -0.05) is 26.2 Å². The molecule has 2 N–H and O–H groups in total. The Bertz CT molecular complexity index is 358. The lowest BCUT2D eigenvalue weighted by Gasteiger charge is -2.14. The Balaban J connectivity index is 2.43. The monoisotopic (exact) mass is 253 g/mol. The Hall–Kier alpha value is -1.52. The van der Waals surface area contributed by atoms with Gasteiger partial charge in [-0.05, 0) is 19.8 Å². The molecule has 0 aliphatic rings. The van der Waals surface area contributed by atoms with Crippen molar-refractivity contribution in [3.8, 4) is 11.8 Å². The minimum absolute atomic E-state index is 0.126. The molecule has 0 bridgehead atoms. The first-order valence-electron chi connectivity index (χ1n) is 6.51. The Morgan fingerprint density at radius 1 is 1.22 bits per heavy atom. The molecule has 1 unspecified atom stereocenters. The van der Waals surface area contributed by atoms with Crippen LogP contribution in [0.25, 0.3) is 0 Å². The fourth-order valence-electron chi connectivity index (χ4n) is 1.71. The van der Waals surface area contributed by atoms with Crippen LogP contribution in [0, 0.1) is 0 Å². The maximum atomic E-state index is 5.71. The van der Waals surface area contributed by atoms with Gasteiger partial charge in [-0.25, -0.2) is 0 Å². The fourth-order valence-corrected chi connectivity index (χ4v) is 1.71. The van der Waals surface area contributed by atoms with Gasteiger partial charge in [0, 0.05) is 0 Å². The van der Waals surface area contributed by atoms with Gasteiger partial charge in [0.05, 0.1) is 19.3 Å². The summed E-state index contributed by atoms with van der Waals surface area (Å²) in [5, 5.41) is 0. The van der Waals surface area contributed by atoms with E-state index in [0.29, 0.717) is 11.8 Å². The summed E-state index contributed by atoms with van der Waals surface area (Å²) in [6.07, 6.45) is 6.09. The summed E-state index contributed by atoms with van der Waals surface area (Å²) in [4.78, 5) is 7.94. The molecule has 0 saturated carbocycles. The molecule has 1 aromatic heterocycles. The van der Waals surface area contributed by atoms with Crippen molar-refractivity contribution in [3.63, 3.8) is 0 Å². The van der Waals surface area contributed by atoms with Gasteiger partial charge in [0.15, 0.2) is 0 Å². The Kier molecular flexibility index (Phi) is 6.25. The van der Waals surface area contributed by atoms with Crippen LogP contribution >= 0.6 is 0 Å². The highest BCUT2D eigenvalue weighted by Gasteiger charge is 2.08. The van der Waals surface area contributed by atoms with Crippen molar-refractivity contribution in [1.82, 2.24) is 9.97 Å². The van der Waals surface area contributed by atoms with E-state index in [0.717, 1.165) is 6.42 Å². The first-order chi connectivity index (χ1) is 8.65. The molecular weight excluding hydrogens is 230 g/mol. The molecule has 0 aliphatic carbocycles. The van der Waals surface area contributed by atoms with Gasteiger partial charge < -0.3 is 15.2 Å². The molecule has 5 heteroatoms. The largest absolute Gasteiger partial charge is 0.481 e. The lowest BCUT2D eigenvalue weighted by molar-refractivity contribution is 0.197. The molecular formula is C13H23N3O2. The zero-order valence-electron chi connectivity index (χ0n) is 11.5. The summed E-state index contributed by atoms with van der Waals surface area (Å²) >= 11 is 0. The molecule has 1 rings (SSSR count). The lowest BCUT2D eigenvalue weighted by atomic mass is 10.1. The Labute approximate surface area is 109 Å². The van der Waals surface area contributed by atoms with Crippen molar-refractivity contribution in [1.29, 1.82) is 0 Å². The number of unbranched alkanes of at least 4 members (excludes halogenated alkanes) is 3.